The standard InChI is InChI=1S/C30H18N2S/c1-3-11-19(12-4-1)27-26-25-23-17-9-7-15-21(23)22-16-8-10-18-24(22)28(25)33-30(26)32-29(31-27)20-13-5-2-6-14-20/h1-18H. The Hall–Kier alpha value is -4.08. The topological polar surface area (TPSA) is 25.8 Å². The number of aromatic nitrogens is 2. The highest BCUT2D eigenvalue weighted by Crippen LogP contribution is 2.46. The van der Waals surface area contributed by atoms with Gasteiger partial charge in [-0.3, -0.25) is 0 Å². The molecule has 33 heavy (non-hydrogen) atoms. The lowest BCUT2D eigenvalue weighted by Crippen LogP contribution is -1.93. The molecule has 2 aromatic heterocycles. The third-order valence-corrected chi connectivity index (χ3v) is 7.41. The first-order valence-corrected chi connectivity index (χ1v) is 11.8. The van der Waals surface area contributed by atoms with Gasteiger partial charge in [-0.15, -0.1) is 11.3 Å². The predicted molar refractivity (Wildman–Crippen MR) is 141 cm³/mol. The van der Waals surface area contributed by atoms with Crippen molar-refractivity contribution >= 4 is 53.2 Å². The van der Waals surface area contributed by atoms with Crippen molar-refractivity contribution in [3.63, 3.8) is 0 Å². The second kappa shape index (κ2) is 7.22. The predicted octanol–water partition coefficient (Wildman–Crippen LogP) is 8.48. The van der Waals surface area contributed by atoms with Crippen molar-refractivity contribution < 1.29 is 0 Å². The molecule has 0 N–H and O–H groups in total. The summed E-state index contributed by atoms with van der Waals surface area (Å²) in [4.78, 5) is 11.3. The van der Waals surface area contributed by atoms with Gasteiger partial charge in [0.1, 0.15) is 4.83 Å². The number of rotatable bonds is 2. The summed E-state index contributed by atoms with van der Waals surface area (Å²) in [6, 6.07) is 38.2. The van der Waals surface area contributed by atoms with E-state index in [1.165, 1.54) is 31.6 Å². The van der Waals surface area contributed by atoms with E-state index >= 15 is 0 Å². The summed E-state index contributed by atoms with van der Waals surface area (Å²) in [5.41, 5.74) is 3.13. The van der Waals surface area contributed by atoms with Crippen molar-refractivity contribution in [1.82, 2.24) is 9.97 Å². The van der Waals surface area contributed by atoms with Gasteiger partial charge >= 0.3 is 0 Å². The molecule has 7 aromatic rings. The van der Waals surface area contributed by atoms with E-state index in [0.29, 0.717) is 0 Å². The number of nitrogens with zero attached hydrogens (tertiary/aromatic N) is 2. The van der Waals surface area contributed by atoms with Crippen LogP contribution in [0.5, 0.6) is 0 Å². The molecule has 0 bridgehead atoms. The fraction of sp³-hybridized carbons (Fsp3) is 0. The summed E-state index contributed by atoms with van der Waals surface area (Å²) in [5, 5.41) is 7.47. The molecular weight excluding hydrogens is 420 g/mol. The molecule has 0 spiro atoms. The Morgan fingerprint density at radius 2 is 1.00 bits per heavy atom. The van der Waals surface area contributed by atoms with E-state index in [1.54, 1.807) is 11.3 Å². The van der Waals surface area contributed by atoms with Gasteiger partial charge in [0.05, 0.1) is 5.69 Å². The Morgan fingerprint density at radius 3 is 1.70 bits per heavy atom. The van der Waals surface area contributed by atoms with Crippen LogP contribution < -0.4 is 0 Å². The average Bonchev–Trinajstić information content (AvgIpc) is 3.29. The van der Waals surface area contributed by atoms with Crippen LogP contribution in [0.2, 0.25) is 0 Å². The van der Waals surface area contributed by atoms with Crippen molar-refractivity contribution in [2.45, 2.75) is 0 Å². The van der Waals surface area contributed by atoms with E-state index in [0.717, 1.165) is 32.9 Å². The highest BCUT2D eigenvalue weighted by molar-refractivity contribution is 7.26. The molecule has 0 aliphatic carbocycles. The van der Waals surface area contributed by atoms with Gasteiger partial charge in [0.2, 0.25) is 0 Å². The molecule has 0 saturated carbocycles. The lowest BCUT2D eigenvalue weighted by Gasteiger charge is -2.10. The van der Waals surface area contributed by atoms with E-state index in [2.05, 4.69) is 91.0 Å². The van der Waals surface area contributed by atoms with Crippen molar-refractivity contribution in [3.05, 3.63) is 109 Å². The summed E-state index contributed by atoms with van der Waals surface area (Å²) in [6.07, 6.45) is 0. The van der Waals surface area contributed by atoms with Gasteiger partial charge in [-0.05, 0) is 16.2 Å². The van der Waals surface area contributed by atoms with Crippen LogP contribution in [0, 0.1) is 0 Å². The maximum Gasteiger partial charge on any atom is 0.161 e. The summed E-state index contributed by atoms with van der Waals surface area (Å²) >= 11 is 1.77. The first kappa shape index (κ1) is 18.5. The third-order valence-electron chi connectivity index (χ3n) is 6.29. The molecule has 0 aliphatic heterocycles. The Labute approximate surface area is 194 Å². The molecule has 0 amide bonds. The van der Waals surface area contributed by atoms with Gasteiger partial charge in [-0.25, -0.2) is 9.97 Å². The molecule has 3 heteroatoms. The third kappa shape index (κ3) is 2.80. The maximum atomic E-state index is 5.15. The number of benzene rings is 5. The second-order valence-corrected chi connectivity index (χ2v) is 9.20. The largest absolute Gasteiger partial charge is 0.227 e. The SMILES string of the molecule is c1ccc(-c2nc(-c3ccccc3)c3c(n2)sc2c4ccccc4c4ccccc4c23)cc1. The molecule has 7 rings (SSSR count). The molecular formula is C30H18N2S. The summed E-state index contributed by atoms with van der Waals surface area (Å²) in [7, 11) is 0. The number of thiophene rings is 1. The summed E-state index contributed by atoms with van der Waals surface area (Å²) < 4.78 is 1.27. The minimum atomic E-state index is 0.766. The van der Waals surface area contributed by atoms with Crippen LogP contribution in [0.25, 0.3) is 64.5 Å². The first-order chi connectivity index (χ1) is 16.4. The van der Waals surface area contributed by atoms with Gasteiger partial charge in [0, 0.05) is 32.0 Å². The van der Waals surface area contributed by atoms with Gasteiger partial charge < -0.3 is 0 Å². The van der Waals surface area contributed by atoms with E-state index in [-0.39, 0.29) is 0 Å². The number of hydrogen-bond acceptors (Lipinski definition) is 3. The molecule has 0 atom stereocenters. The molecule has 0 radical (unpaired) electrons. The van der Waals surface area contributed by atoms with Crippen LogP contribution in [0.3, 0.4) is 0 Å². The van der Waals surface area contributed by atoms with Crippen LogP contribution in [-0.4, -0.2) is 9.97 Å². The molecule has 0 saturated heterocycles. The van der Waals surface area contributed by atoms with Crippen LogP contribution >= 0.6 is 11.3 Å². The summed E-state index contributed by atoms with van der Waals surface area (Å²) in [5.74, 6) is 0.766. The van der Waals surface area contributed by atoms with Crippen molar-refractivity contribution in [3.8, 4) is 22.6 Å². The normalized spacial score (nSPS) is 11.6. The quantitative estimate of drug-likeness (QED) is 0.253. The van der Waals surface area contributed by atoms with Crippen molar-refractivity contribution in [2.24, 2.45) is 0 Å². The molecule has 0 unspecified atom stereocenters. The Balaban J connectivity index is 1.73. The van der Waals surface area contributed by atoms with Crippen LogP contribution in [-0.2, 0) is 0 Å². The highest BCUT2D eigenvalue weighted by Gasteiger charge is 2.20. The van der Waals surface area contributed by atoms with E-state index in [1.807, 2.05) is 18.2 Å². The van der Waals surface area contributed by atoms with E-state index in [4.69, 9.17) is 9.97 Å². The molecule has 0 aliphatic rings. The van der Waals surface area contributed by atoms with Gasteiger partial charge in [-0.1, -0.05) is 109 Å². The van der Waals surface area contributed by atoms with Gasteiger partial charge in [0.25, 0.3) is 0 Å². The zero-order chi connectivity index (χ0) is 21.8. The summed E-state index contributed by atoms with van der Waals surface area (Å²) in [6.45, 7) is 0. The number of hydrogen-bond donors (Lipinski definition) is 0. The zero-order valence-electron chi connectivity index (χ0n) is 17.7. The first-order valence-electron chi connectivity index (χ1n) is 11.0. The monoisotopic (exact) mass is 438 g/mol. The molecule has 2 heterocycles. The molecule has 154 valence electrons. The zero-order valence-corrected chi connectivity index (χ0v) is 18.5. The fourth-order valence-electron chi connectivity index (χ4n) is 4.82. The highest BCUT2D eigenvalue weighted by atomic mass is 32.1. The minimum absolute atomic E-state index is 0.766. The molecule has 2 nitrogen and oxygen atoms in total. The van der Waals surface area contributed by atoms with E-state index < -0.39 is 0 Å². The average molecular weight is 439 g/mol. The van der Waals surface area contributed by atoms with Crippen molar-refractivity contribution in [1.29, 1.82) is 0 Å². The Kier molecular flexibility index (Phi) is 4.05. The minimum Gasteiger partial charge on any atom is -0.227 e. The van der Waals surface area contributed by atoms with Crippen LogP contribution in [0.1, 0.15) is 0 Å². The fourth-order valence-corrected chi connectivity index (χ4v) is 6.05. The molecule has 5 aromatic carbocycles. The number of fused-ring (bicyclic) bond motifs is 8. The van der Waals surface area contributed by atoms with Crippen molar-refractivity contribution in [2.75, 3.05) is 0 Å². The van der Waals surface area contributed by atoms with E-state index in [9.17, 15) is 0 Å². The van der Waals surface area contributed by atoms with Crippen LogP contribution in [0.15, 0.2) is 109 Å². The van der Waals surface area contributed by atoms with Gasteiger partial charge in [0.15, 0.2) is 5.82 Å². The van der Waals surface area contributed by atoms with Gasteiger partial charge in [-0.2, -0.15) is 0 Å². The molecule has 0 fully saturated rings. The maximum absolute atomic E-state index is 5.15. The Morgan fingerprint density at radius 1 is 0.455 bits per heavy atom. The lowest BCUT2D eigenvalue weighted by atomic mass is 9.96. The van der Waals surface area contributed by atoms with Crippen LogP contribution in [0.4, 0.5) is 0 Å². The second-order valence-electron chi connectivity index (χ2n) is 8.21. The Bertz CT molecular complexity index is 1800. The lowest BCUT2D eigenvalue weighted by molar-refractivity contribution is 1.24. The smallest absolute Gasteiger partial charge is 0.161 e.